The summed E-state index contributed by atoms with van der Waals surface area (Å²) in [5, 5.41) is 8.28. The molecule has 2 aromatic rings. The molecule has 0 bridgehead atoms. The molecule has 1 atom stereocenters. The number of rotatable bonds is 3. The van der Waals surface area contributed by atoms with Crippen LogP contribution in [0.4, 0.5) is 5.69 Å². The largest absolute Gasteiger partial charge is 0.308 e. The van der Waals surface area contributed by atoms with E-state index in [0.717, 1.165) is 27.5 Å². The van der Waals surface area contributed by atoms with Crippen LogP contribution in [0.1, 0.15) is 25.0 Å². The molecule has 0 aromatic heterocycles. The van der Waals surface area contributed by atoms with Crippen LogP contribution in [-0.2, 0) is 25.7 Å². The lowest BCUT2D eigenvalue weighted by molar-refractivity contribution is -0.139. The van der Waals surface area contributed by atoms with Gasteiger partial charge in [0.2, 0.25) is 16.7 Å². The maximum Gasteiger partial charge on any atom is 0.270 e. The molecule has 9 heteroatoms. The highest BCUT2D eigenvalue weighted by molar-refractivity contribution is 9.10. The molecule has 0 saturated carbocycles. The summed E-state index contributed by atoms with van der Waals surface area (Å²) in [5.41, 5.74) is 2.51. The first kappa shape index (κ1) is 20.6. The van der Waals surface area contributed by atoms with Crippen molar-refractivity contribution < 1.29 is 14.4 Å². The number of carbonyl (C=O) groups excluding carboxylic acids is 3. The molecule has 2 aromatic carbocycles. The van der Waals surface area contributed by atoms with Crippen LogP contribution < -0.4 is 10.2 Å². The number of anilines is 1. The number of hydrogen-bond acceptors (Lipinski definition) is 5. The maximum atomic E-state index is 13.8. The van der Waals surface area contributed by atoms with Gasteiger partial charge in [-0.05, 0) is 41.9 Å². The Bertz CT molecular complexity index is 1080. The molecule has 1 N–H and O–H groups in total. The van der Waals surface area contributed by atoms with Gasteiger partial charge in [0.05, 0.1) is 5.69 Å². The summed E-state index contributed by atoms with van der Waals surface area (Å²) in [6, 6.07) is 15.5. The van der Waals surface area contributed by atoms with E-state index in [1.165, 1.54) is 18.9 Å². The van der Waals surface area contributed by atoms with Gasteiger partial charge >= 0.3 is 0 Å². The zero-order chi connectivity index (χ0) is 21.5. The van der Waals surface area contributed by atoms with Crippen LogP contribution in [0.3, 0.4) is 0 Å². The number of fused-ring (bicyclic) bond motifs is 2. The monoisotopic (exact) mass is 486 g/mol. The Hall–Kier alpha value is -2.65. The summed E-state index contributed by atoms with van der Waals surface area (Å²) in [7, 11) is 0. The Labute approximate surface area is 186 Å². The molecule has 2 aliphatic rings. The van der Waals surface area contributed by atoms with Crippen molar-refractivity contribution in [2.45, 2.75) is 25.1 Å². The molecule has 0 saturated heterocycles. The maximum absolute atomic E-state index is 13.8. The summed E-state index contributed by atoms with van der Waals surface area (Å²) < 4.78 is 0.787. The summed E-state index contributed by atoms with van der Waals surface area (Å²) in [6.45, 7) is 3.18. The molecule has 3 amide bonds. The van der Waals surface area contributed by atoms with Crippen molar-refractivity contribution in [2.75, 3.05) is 11.4 Å². The number of hydrazone groups is 1. The molecule has 1 unspecified atom stereocenters. The van der Waals surface area contributed by atoms with Crippen LogP contribution in [0.2, 0.25) is 0 Å². The summed E-state index contributed by atoms with van der Waals surface area (Å²) in [5.74, 6) is -0.953. The summed E-state index contributed by atoms with van der Waals surface area (Å²) in [4.78, 5) is 38.1. The van der Waals surface area contributed by atoms with Crippen LogP contribution in [0.25, 0.3) is 0 Å². The normalized spacial score (nSPS) is 19.8. The van der Waals surface area contributed by atoms with Gasteiger partial charge in [0.15, 0.2) is 5.17 Å². The SMILES string of the molecule is CC(=O)NC1=NN(C(C)=O)C2(S1)C(=O)N(CCc1ccccc1)c1ccc(Br)cc12. The third-order valence-corrected chi connectivity index (χ3v) is 6.66. The number of thioether (sulfide) groups is 1. The molecular formula is C21H19BrN4O3S. The van der Waals surface area contributed by atoms with E-state index in [0.29, 0.717) is 18.5 Å². The molecule has 2 heterocycles. The van der Waals surface area contributed by atoms with Crippen molar-refractivity contribution >= 4 is 56.3 Å². The van der Waals surface area contributed by atoms with E-state index in [1.807, 2.05) is 48.5 Å². The topological polar surface area (TPSA) is 82.1 Å². The zero-order valence-corrected chi connectivity index (χ0v) is 18.8. The van der Waals surface area contributed by atoms with E-state index in [-0.39, 0.29) is 22.9 Å². The average Bonchev–Trinajstić information content (AvgIpc) is 3.18. The highest BCUT2D eigenvalue weighted by atomic mass is 79.9. The van der Waals surface area contributed by atoms with Crippen LogP contribution >= 0.6 is 27.7 Å². The standard InChI is InChI=1S/C21H19BrN4O3S/c1-13(27)23-20-24-26(14(2)28)21(30-20)17-12-16(22)8-9-18(17)25(19(21)29)11-10-15-6-4-3-5-7-15/h3-9,12H,10-11H2,1-2H3,(H,23,24,27). The lowest BCUT2D eigenvalue weighted by Gasteiger charge is -2.29. The van der Waals surface area contributed by atoms with E-state index >= 15 is 0 Å². The van der Waals surface area contributed by atoms with Gasteiger partial charge in [0, 0.05) is 30.4 Å². The minimum atomic E-state index is -1.38. The molecule has 30 heavy (non-hydrogen) atoms. The summed E-state index contributed by atoms with van der Waals surface area (Å²) >= 11 is 4.56. The first-order valence-corrected chi connectivity index (χ1v) is 11.0. The van der Waals surface area contributed by atoms with Gasteiger partial charge in [-0.15, -0.1) is 5.10 Å². The highest BCUT2D eigenvalue weighted by Crippen LogP contribution is 2.54. The van der Waals surface area contributed by atoms with E-state index in [1.54, 1.807) is 4.90 Å². The van der Waals surface area contributed by atoms with Gasteiger partial charge < -0.3 is 10.2 Å². The lowest BCUT2D eigenvalue weighted by Crippen LogP contribution is -2.48. The zero-order valence-electron chi connectivity index (χ0n) is 16.4. The van der Waals surface area contributed by atoms with Gasteiger partial charge in [0.25, 0.3) is 5.91 Å². The number of nitrogens with one attached hydrogen (secondary N) is 1. The predicted molar refractivity (Wildman–Crippen MR) is 120 cm³/mol. The van der Waals surface area contributed by atoms with Crippen LogP contribution in [-0.4, -0.2) is 34.4 Å². The minimum absolute atomic E-state index is 0.224. The predicted octanol–water partition coefficient (Wildman–Crippen LogP) is 3.19. The van der Waals surface area contributed by atoms with Crippen LogP contribution in [0, 0.1) is 0 Å². The number of halogens is 1. The molecule has 1 spiro atoms. The first-order valence-electron chi connectivity index (χ1n) is 9.35. The molecule has 2 aliphatic heterocycles. The Kier molecular flexibility index (Phi) is 5.42. The van der Waals surface area contributed by atoms with Gasteiger partial charge in [-0.2, -0.15) is 5.01 Å². The Balaban J connectivity index is 1.75. The fourth-order valence-electron chi connectivity index (χ4n) is 3.69. The Morgan fingerprint density at radius 1 is 1.17 bits per heavy atom. The van der Waals surface area contributed by atoms with E-state index < -0.39 is 4.87 Å². The van der Waals surface area contributed by atoms with E-state index in [4.69, 9.17) is 0 Å². The van der Waals surface area contributed by atoms with E-state index in [2.05, 4.69) is 26.3 Å². The second-order valence-electron chi connectivity index (χ2n) is 7.02. The van der Waals surface area contributed by atoms with Gasteiger partial charge in [-0.1, -0.05) is 46.3 Å². The van der Waals surface area contributed by atoms with Crippen molar-refractivity contribution in [3.05, 3.63) is 64.1 Å². The van der Waals surface area contributed by atoms with Crippen molar-refractivity contribution in [1.29, 1.82) is 0 Å². The van der Waals surface area contributed by atoms with Crippen molar-refractivity contribution in [1.82, 2.24) is 10.3 Å². The number of amides is 3. The second kappa shape index (κ2) is 7.88. The molecule has 0 fully saturated rings. The molecule has 0 radical (unpaired) electrons. The third-order valence-electron chi connectivity index (χ3n) is 4.93. The lowest BCUT2D eigenvalue weighted by atomic mass is 10.1. The van der Waals surface area contributed by atoms with Gasteiger partial charge in [-0.25, -0.2) is 0 Å². The van der Waals surface area contributed by atoms with Crippen molar-refractivity contribution in [3.63, 3.8) is 0 Å². The number of benzene rings is 2. The highest BCUT2D eigenvalue weighted by Gasteiger charge is 2.61. The molecular weight excluding hydrogens is 468 g/mol. The van der Waals surface area contributed by atoms with Crippen molar-refractivity contribution in [3.8, 4) is 0 Å². The fraction of sp³-hybridized carbons (Fsp3) is 0.238. The minimum Gasteiger partial charge on any atom is -0.308 e. The molecule has 0 aliphatic carbocycles. The fourth-order valence-corrected chi connectivity index (χ4v) is 5.38. The first-order chi connectivity index (χ1) is 14.3. The second-order valence-corrected chi connectivity index (χ2v) is 9.11. The smallest absolute Gasteiger partial charge is 0.270 e. The van der Waals surface area contributed by atoms with Gasteiger partial charge in [0.1, 0.15) is 0 Å². The quantitative estimate of drug-likeness (QED) is 0.721. The van der Waals surface area contributed by atoms with Crippen molar-refractivity contribution in [2.24, 2.45) is 5.10 Å². The molecule has 7 nitrogen and oxygen atoms in total. The number of nitrogens with zero attached hydrogens (tertiary/aromatic N) is 3. The number of carbonyl (C=O) groups is 3. The average molecular weight is 487 g/mol. The molecule has 4 rings (SSSR count). The number of amidine groups is 1. The summed E-state index contributed by atoms with van der Waals surface area (Å²) in [6.07, 6.45) is 0.669. The van der Waals surface area contributed by atoms with Crippen LogP contribution in [0.15, 0.2) is 58.1 Å². The van der Waals surface area contributed by atoms with Crippen LogP contribution in [0.5, 0.6) is 0 Å². The third kappa shape index (κ3) is 3.41. The Morgan fingerprint density at radius 2 is 1.90 bits per heavy atom. The Morgan fingerprint density at radius 3 is 2.57 bits per heavy atom. The van der Waals surface area contributed by atoms with E-state index in [9.17, 15) is 14.4 Å². The molecule has 154 valence electrons. The number of hydrogen-bond donors (Lipinski definition) is 1. The van der Waals surface area contributed by atoms with Gasteiger partial charge in [-0.3, -0.25) is 14.4 Å².